The molecule has 138 valence electrons. The highest BCUT2D eigenvalue weighted by Crippen LogP contribution is 2.18. The van der Waals surface area contributed by atoms with Crippen LogP contribution in [0.4, 0.5) is 0 Å². The summed E-state index contributed by atoms with van der Waals surface area (Å²) in [6.45, 7) is 0.0253. The second kappa shape index (κ2) is 9.30. The number of sulfonamides is 1. The van der Waals surface area contributed by atoms with E-state index in [9.17, 15) is 22.8 Å². The number of hydrogen-bond donors (Lipinski definition) is 4. The number of aliphatic carboxylic acids is 1. The van der Waals surface area contributed by atoms with Gasteiger partial charge < -0.3 is 16.2 Å². The summed E-state index contributed by atoms with van der Waals surface area (Å²) in [4.78, 5) is 37.0. The molecule has 0 unspecified atom stereocenters. The van der Waals surface area contributed by atoms with E-state index < -0.39 is 33.8 Å². The van der Waals surface area contributed by atoms with Crippen molar-refractivity contribution in [2.75, 3.05) is 6.54 Å². The third kappa shape index (κ3) is 7.03. The zero-order valence-corrected chi connectivity index (χ0v) is 14.5. The molecule has 0 aliphatic heterocycles. The van der Waals surface area contributed by atoms with E-state index in [2.05, 4.69) is 10.3 Å². The highest BCUT2D eigenvalue weighted by molar-refractivity contribution is 7.90. The molecule has 5 N–H and O–H groups in total. The Morgan fingerprint density at radius 2 is 1.92 bits per heavy atom. The Bertz CT molecular complexity index is 755. The lowest BCUT2D eigenvalue weighted by molar-refractivity contribution is -0.138. The normalized spacial score (nSPS) is 12.2. The van der Waals surface area contributed by atoms with Gasteiger partial charge in [-0.2, -0.15) is 0 Å². The molecule has 1 atom stereocenters. The molecular weight excluding hydrogens is 376 g/mol. The number of carboxylic acid groups (broad SMARTS) is 1. The number of nitrogens with two attached hydrogens (primary N) is 1. The molecule has 1 heterocycles. The minimum atomic E-state index is -4.18. The van der Waals surface area contributed by atoms with Gasteiger partial charge in [-0.1, -0.05) is 11.6 Å². The lowest BCUT2D eigenvalue weighted by Gasteiger charge is -2.09. The molecule has 25 heavy (non-hydrogen) atoms. The average molecular weight is 393 g/mol. The van der Waals surface area contributed by atoms with Gasteiger partial charge in [-0.15, -0.1) is 0 Å². The number of nitrogens with one attached hydrogen (secondary N) is 2. The van der Waals surface area contributed by atoms with Gasteiger partial charge in [0.05, 0.1) is 5.02 Å². The van der Waals surface area contributed by atoms with E-state index in [1.165, 1.54) is 12.3 Å². The van der Waals surface area contributed by atoms with Gasteiger partial charge in [0.2, 0.25) is 11.8 Å². The summed E-state index contributed by atoms with van der Waals surface area (Å²) in [5, 5.41) is 10.9. The molecule has 0 fully saturated rings. The van der Waals surface area contributed by atoms with Crippen LogP contribution in [0.2, 0.25) is 5.02 Å². The highest BCUT2D eigenvalue weighted by Gasteiger charge is 2.21. The second-order valence-corrected chi connectivity index (χ2v) is 6.98. The van der Waals surface area contributed by atoms with E-state index in [-0.39, 0.29) is 35.7 Å². The van der Waals surface area contributed by atoms with Crippen molar-refractivity contribution >= 4 is 39.4 Å². The first kappa shape index (κ1) is 20.8. The summed E-state index contributed by atoms with van der Waals surface area (Å²) in [5.74, 6) is -2.62. The smallest absolute Gasteiger partial charge is 0.320 e. The first-order valence-electron chi connectivity index (χ1n) is 7.03. The van der Waals surface area contributed by atoms with Crippen molar-refractivity contribution in [2.45, 2.75) is 30.2 Å². The van der Waals surface area contributed by atoms with E-state index >= 15 is 0 Å². The van der Waals surface area contributed by atoms with Crippen LogP contribution >= 0.6 is 11.6 Å². The molecule has 1 aromatic rings. The van der Waals surface area contributed by atoms with Gasteiger partial charge in [0.1, 0.15) is 10.9 Å². The van der Waals surface area contributed by atoms with E-state index in [0.717, 1.165) is 6.20 Å². The number of carbonyl (C=O) groups excluding carboxylic acids is 2. The van der Waals surface area contributed by atoms with Crippen LogP contribution in [0.1, 0.15) is 19.3 Å². The molecule has 12 heteroatoms. The van der Waals surface area contributed by atoms with Crippen LogP contribution in [0.3, 0.4) is 0 Å². The summed E-state index contributed by atoms with van der Waals surface area (Å²) in [6.07, 6.45) is 1.67. The first-order chi connectivity index (χ1) is 11.6. The van der Waals surface area contributed by atoms with Gasteiger partial charge in [-0.25, -0.2) is 13.1 Å². The Morgan fingerprint density at radius 3 is 2.52 bits per heavy atom. The van der Waals surface area contributed by atoms with Crippen molar-refractivity contribution in [3.8, 4) is 0 Å². The summed E-state index contributed by atoms with van der Waals surface area (Å²) in [6, 6.07) is 0.161. The molecule has 0 aromatic carbocycles. The molecule has 0 bridgehead atoms. The van der Waals surface area contributed by atoms with Crippen LogP contribution in [0, 0.1) is 0 Å². The molecule has 0 aliphatic rings. The van der Waals surface area contributed by atoms with Crippen LogP contribution in [0.5, 0.6) is 0 Å². The van der Waals surface area contributed by atoms with Crippen molar-refractivity contribution in [3.63, 3.8) is 0 Å². The Morgan fingerprint density at radius 1 is 1.28 bits per heavy atom. The van der Waals surface area contributed by atoms with Gasteiger partial charge in [0.15, 0.2) is 0 Å². The maximum Gasteiger partial charge on any atom is 0.320 e. The van der Waals surface area contributed by atoms with Gasteiger partial charge in [-0.05, 0) is 12.5 Å². The lowest BCUT2D eigenvalue weighted by atomic mass is 10.2. The van der Waals surface area contributed by atoms with E-state index in [0.29, 0.717) is 0 Å². The fourth-order valence-electron chi connectivity index (χ4n) is 1.62. The number of nitrogens with zero attached hydrogens (tertiary/aromatic N) is 1. The molecule has 0 saturated carbocycles. The van der Waals surface area contributed by atoms with Crippen LogP contribution in [0.15, 0.2) is 23.4 Å². The van der Waals surface area contributed by atoms with Gasteiger partial charge >= 0.3 is 5.97 Å². The molecular formula is C13H17ClN4O6S. The number of carboxylic acids is 1. The zero-order chi connectivity index (χ0) is 19.0. The average Bonchev–Trinajstić information content (AvgIpc) is 2.52. The topological polar surface area (TPSA) is 169 Å². The maximum atomic E-state index is 12.0. The molecule has 2 amide bonds. The Hall–Kier alpha value is -2.24. The predicted molar refractivity (Wildman–Crippen MR) is 87.0 cm³/mol. The first-order valence-corrected chi connectivity index (χ1v) is 8.90. The van der Waals surface area contributed by atoms with Crippen LogP contribution < -0.4 is 15.8 Å². The molecule has 0 aliphatic carbocycles. The third-order valence-corrected chi connectivity index (χ3v) is 4.79. The van der Waals surface area contributed by atoms with E-state index in [4.69, 9.17) is 22.4 Å². The monoisotopic (exact) mass is 392 g/mol. The summed E-state index contributed by atoms with van der Waals surface area (Å²) >= 11 is 5.74. The van der Waals surface area contributed by atoms with Crippen LogP contribution in [0.25, 0.3) is 0 Å². The number of aromatic nitrogens is 1. The van der Waals surface area contributed by atoms with Crippen molar-refractivity contribution in [2.24, 2.45) is 5.73 Å². The van der Waals surface area contributed by atoms with E-state index in [1.807, 2.05) is 0 Å². The van der Waals surface area contributed by atoms with Crippen LogP contribution in [-0.4, -0.2) is 48.9 Å². The fourth-order valence-corrected chi connectivity index (χ4v) is 3.07. The number of rotatable bonds is 9. The highest BCUT2D eigenvalue weighted by atomic mass is 35.5. The van der Waals surface area contributed by atoms with Crippen molar-refractivity contribution < 1.29 is 27.9 Å². The van der Waals surface area contributed by atoms with Gasteiger partial charge in [0, 0.05) is 31.8 Å². The van der Waals surface area contributed by atoms with Gasteiger partial charge in [-0.3, -0.25) is 19.4 Å². The molecule has 0 radical (unpaired) electrons. The van der Waals surface area contributed by atoms with Crippen molar-refractivity contribution in [3.05, 3.63) is 23.5 Å². The minimum absolute atomic E-state index is 0.0253. The summed E-state index contributed by atoms with van der Waals surface area (Å²) < 4.78 is 25.8. The predicted octanol–water partition coefficient (Wildman–Crippen LogP) is -0.762. The minimum Gasteiger partial charge on any atom is -0.480 e. The molecule has 1 rings (SSSR count). The maximum absolute atomic E-state index is 12.0. The standard InChI is InChI=1S/C13H17ClN4O6S/c14-8-3-5-16-7-10(8)25(23,24)18-12(20)2-1-11(19)17-6-4-9(15)13(21)22/h3,5,7,9H,1-2,4,6,15H2,(H,17,19)(H,18,20)(H,21,22)/t9-/m0/s1. The summed E-state index contributed by atoms with van der Waals surface area (Å²) in [7, 11) is -4.18. The zero-order valence-electron chi connectivity index (χ0n) is 12.9. The Kier molecular flexibility index (Phi) is 7.74. The third-order valence-electron chi connectivity index (χ3n) is 2.95. The quantitative estimate of drug-likeness (QED) is 0.425. The lowest BCUT2D eigenvalue weighted by Crippen LogP contribution is -2.36. The number of amides is 2. The van der Waals surface area contributed by atoms with Crippen LogP contribution in [-0.2, 0) is 24.4 Å². The largest absolute Gasteiger partial charge is 0.480 e. The number of pyridine rings is 1. The Labute approximate surface area is 148 Å². The molecule has 0 saturated heterocycles. The summed E-state index contributed by atoms with van der Waals surface area (Å²) in [5.41, 5.74) is 5.26. The number of carbonyl (C=O) groups is 3. The van der Waals surface area contributed by atoms with Crippen molar-refractivity contribution in [1.82, 2.24) is 15.0 Å². The number of halogens is 1. The Balaban J connectivity index is 2.43. The van der Waals surface area contributed by atoms with Gasteiger partial charge in [0.25, 0.3) is 10.0 Å². The molecule has 10 nitrogen and oxygen atoms in total. The van der Waals surface area contributed by atoms with Crippen molar-refractivity contribution in [1.29, 1.82) is 0 Å². The molecule has 1 aromatic heterocycles. The fraction of sp³-hybridized carbons (Fsp3) is 0.385. The molecule has 0 spiro atoms. The second-order valence-electron chi connectivity index (χ2n) is 4.92. The van der Waals surface area contributed by atoms with E-state index in [1.54, 1.807) is 4.72 Å². The number of hydrogen-bond acceptors (Lipinski definition) is 7. The SMILES string of the molecule is N[C@@H](CCNC(=O)CCC(=O)NS(=O)(=O)c1cnccc1Cl)C(=O)O.